The number of halogens is 3. The number of piperidine rings is 1. The lowest BCUT2D eigenvalue weighted by Gasteiger charge is -2.25. The van der Waals surface area contributed by atoms with Crippen molar-refractivity contribution >= 4 is 23.0 Å². The average Bonchev–Trinajstić information content (AvgIpc) is 3.13. The van der Waals surface area contributed by atoms with E-state index in [0.717, 1.165) is 11.3 Å². The highest BCUT2D eigenvalue weighted by molar-refractivity contribution is 7.17. The zero-order chi connectivity index (χ0) is 17.5. The molecule has 1 aliphatic heterocycles. The third-order valence-corrected chi connectivity index (χ3v) is 4.92. The Morgan fingerprint density at radius 3 is 2.54 bits per heavy atom. The Morgan fingerprint density at radius 2 is 1.96 bits per heavy atom. The van der Waals surface area contributed by atoms with E-state index in [1.807, 2.05) is 0 Å². The molecule has 128 valence electrons. The summed E-state index contributed by atoms with van der Waals surface area (Å²) >= 11 is 1.06. The number of thiophene rings is 1. The maximum absolute atomic E-state index is 12.8. The number of ketones is 1. The van der Waals surface area contributed by atoms with Gasteiger partial charge < -0.3 is 9.42 Å². The Kier molecular flexibility index (Phi) is 4.20. The molecule has 1 fully saturated rings. The van der Waals surface area contributed by atoms with Crippen molar-refractivity contribution in [3.63, 3.8) is 0 Å². The van der Waals surface area contributed by atoms with Crippen LogP contribution in [0.25, 0.3) is 10.6 Å². The lowest BCUT2D eigenvalue weighted by Crippen LogP contribution is -2.38. The quantitative estimate of drug-likeness (QED) is 0.824. The van der Waals surface area contributed by atoms with E-state index in [9.17, 15) is 22.8 Å². The van der Waals surface area contributed by atoms with Gasteiger partial charge in [0.05, 0.1) is 9.75 Å². The summed E-state index contributed by atoms with van der Waals surface area (Å²) in [4.78, 5) is 26.0. The van der Waals surface area contributed by atoms with E-state index in [1.165, 1.54) is 6.92 Å². The summed E-state index contributed by atoms with van der Waals surface area (Å²) in [6, 6.07) is 3.11. The highest BCUT2D eigenvalue weighted by Gasteiger charge is 2.39. The second-order valence-corrected chi connectivity index (χ2v) is 6.56. The fourth-order valence-corrected chi connectivity index (χ4v) is 3.54. The zero-order valence-electron chi connectivity index (χ0n) is 12.6. The van der Waals surface area contributed by atoms with Gasteiger partial charge in [0.25, 0.3) is 5.91 Å². The van der Waals surface area contributed by atoms with Crippen LogP contribution in [0.15, 0.2) is 16.7 Å². The minimum atomic E-state index is -4.61. The predicted molar refractivity (Wildman–Crippen MR) is 79.7 cm³/mol. The molecule has 1 aliphatic rings. The molecule has 0 spiro atoms. The summed E-state index contributed by atoms with van der Waals surface area (Å²) < 4.78 is 42.7. The maximum atomic E-state index is 12.8. The Morgan fingerprint density at radius 1 is 1.29 bits per heavy atom. The Bertz CT molecular complexity index is 784. The lowest BCUT2D eigenvalue weighted by molar-refractivity contribution is -0.156. The molecule has 0 atom stereocenters. The number of nitrogens with zero attached hydrogens (tertiary/aromatic N) is 2. The van der Waals surface area contributed by atoms with Gasteiger partial charge in [-0.1, -0.05) is 5.16 Å². The number of amides is 1. The van der Waals surface area contributed by atoms with Crippen LogP contribution in [0.5, 0.6) is 0 Å². The van der Waals surface area contributed by atoms with Crippen molar-refractivity contribution in [3.05, 3.63) is 28.3 Å². The highest BCUT2D eigenvalue weighted by Crippen LogP contribution is 2.38. The summed E-state index contributed by atoms with van der Waals surface area (Å²) in [6.07, 6.45) is -3.94. The normalized spacial score (nSPS) is 15.8. The number of likely N-dealkylation sites (tertiary alicyclic amines) is 1. The molecule has 3 heterocycles. The molecule has 0 N–H and O–H groups in total. The average molecular weight is 358 g/mol. The monoisotopic (exact) mass is 358 g/mol. The molecule has 0 bridgehead atoms. The molecule has 0 aromatic carbocycles. The van der Waals surface area contributed by atoms with E-state index in [2.05, 4.69) is 9.68 Å². The molecule has 1 saturated heterocycles. The highest BCUT2D eigenvalue weighted by atomic mass is 32.1. The lowest BCUT2D eigenvalue weighted by atomic mass is 10.1. The van der Waals surface area contributed by atoms with E-state index < -0.39 is 11.9 Å². The first kappa shape index (κ1) is 16.7. The van der Waals surface area contributed by atoms with Crippen LogP contribution < -0.4 is 0 Å². The molecular formula is C15H13F3N2O3S. The summed E-state index contributed by atoms with van der Waals surface area (Å²) in [5, 5.41) is 3.49. The molecule has 2 aromatic heterocycles. The van der Waals surface area contributed by atoms with Crippen molar-refractivity contribution in [1.82, 2.24) is 10.1 Å². The van der Waals surface area contributed by atoms with Crippen LogP contribution in [0, 0.1) is 6.92 Å². The molecule has 5 nitrogen and oxygen atoms in total. The molecule has 0 unspecified atom stereocenters. The summed E-state index contributed by atoms with van der Waals surface area (Å²) in [5.41, 5.74) is -0.0212. The molecular weight excluding hydrogens is 345 g/mol. The Labute approximate surface area is 139 Å². The zero-order valence-corrected chi connectivity index (χ0v) is 13.5. The summed E-state index contributed by atoms with van der Waals surface area (Å²) in [5.74, 6) is -1.23. The number of rotatable bonds is 2. The van der Waals surface area contributed by atoms with E-state index >= 15 is 0 Å². The van der Waals surface area contributed by atoms with Gasteiger partial charge in [0.2, 0.25) is 5.76 Å². The first-order valence-corrected chi connectivity index (χ1v) is 8.03. The third kappa shape index (κ3) is 3.08. The van der Waals surface area contributed by atoms with E-state index in [0.29, 0.717) is 35.7 Å². The van der Waals surface area contributed by atoms with Crippen LogP contribution in [-0.4, -0.2) is 34.8 Å². The first-order valence-electron chi connectivity index (χ1n) is 7.22. The van der Waals surface area contributed by atoms with Crippen LogP contribution in [-0.2, 0) is 11.0 Å². The maximum Gasteiger partial charge on any atom is 0.452 e. The van der Waals surface area contributed by atoms with Gasteiger partial charge in [-0.05, 0) is 19.1 Å². The fourth-order valence-electron chi connectivity index (χ4n) is 2.53. The van der Waals surface area contributed by atoms with Crippen molar-refractivity contribution in [1.29, 1.82) is 0 Å². The molecule has 0 aliphatic carbocycles. The van der Waals surface area contributed by atoms with E-state index in [-0.39, 0.29) is 22.9 Å². The molecule has 0 saturated carbocycles. The molecule has 2 aromatic rings. The first-order chi connectivity index (χ1) is 11.3. The van der Waals surface area contributed by atoms with Gasteiger partial charge in [0.1, 0.15) is 11.5 Å². The molecule has 3 rings (SSSR count). The molecule has 9 heteroatoms. The van der Waals surface area contributed by atoms with E-state index in [4.69, 9.17) is 0 Å². The minimum Gasteiger partial charge on any atom is -0.351 e. The van der Waals surface area contributed by atoms with Crippen LogP contribution in [0.4, 0.5) is 13.2 Å². The number of aromatic nitrogens is 1. The fraction of sp³-hybridized carbons (Fsp3) is 0.400. The summed E-state index contributed by atoms with van der Waals surface area (Å²) in [7, 11) is 0. The topological polar surface area (TPSA) is 63.4 Å². The molecule has 0 radical (unpaired) electrons. The van der Waals surface area contributed by atoms with Gasteiger partial charge in [-0.25, -0.2) is 0 Å². The molecule has 1 amide bonds. The van der Waals surface area contributed by atoms with Gasteiger partial charge >= 0.3 is 6.18 Å². The van der Waals surface area contributed by atoms with Gasteiger partial charge in [-0.2, -0.15) is 13.2 Å². The van der Waals surface area contributed by atoms with Crippen LogP contribution in [0.1, 0.15) is 33.8 Å². The van der Waals surface area contributed by atoms with Crippen LogP contribution in [0.3, 0.4) is 0 Å². The van der Waals surface area contributed by atoms with Gasteiger partial charge in [-0.15, -0.1) is 11.3 Å². The number of alkyl halides is 3. The van der Waals surface area contributed by atoms with Crippen LogP contribution >= 0.6 is 11.3 Å². The number of carbonyl (C=O) groups is 2. The Hall–Kier alpha value is -2.16. The second kappa shape index (κ2) is 6.04. The predicted octanol–water partition coefficient (Wildman–Crippen LogP) is 3.54. The largest absolute Gasteiger partial charge is 0.452 e. The van der Waals surface area contributed by atoms with Crippen molar-refractivity contribution < 1.29 is 27.3 Å². The van der Waals surface area contributed by atoms with Crippen molar-refractivity contribution in [2.75, 3.05) is 13.1 Å². The standard InChI is InChI=1S/C15H13F3N2O3S/c1-8-12(19-23-13(8)15(16,17)18)10-2-3-11(24-10)14(22)20-6-4-9(21)5-7-20/h2-3H,4-7H2,1H3. The van der Waals surface area contributed by atoms with Crippen molar-refractivity contribution in [3.8, 4) is 10.6 Å². The number of hydrogen-bond donors (Lipinski definition) is 0. The number of carbonyl (C=O) groups excluding carboxylic acids is 2. The Balaban J connectivity index is 1.82. The summed E-state index contributed by atoms with van der Waals surface area (Å²) in [6.45, 7) is 2.02. The van der Waals surface area contributed by atoms with Crippen LogP contribution in [0.2, 0.25) is 0 Å². The van der Waals surface area contributed by atoms with Gasteiger partial charge in [-0.3, -0.25) is 9.59 Å². The van der Waals surface area contributed by atoms with Gasteiger partial charge in [0.15, 0.2) is 0 Å². The minimum absolute atomic E-state index is 0.0835. The second-order valence-electron chi connectivity index (χ2n) is 5.48. The third-order valence-electron chi connectivity index (χ3n) is 3.84. The smallest absolute Gasteiger partial charge is 0.351 e. The van der Waals surface area contributed by atoms with E-state index in [1.54, 1.807) is 17.0 Å². The number of Topliss-reactive ketones (excluding diaryl/α,β-unsaturated/α-hetero) is 1. The van der Waals surface area contributed by atoms with Gasteiger partial charge in [0, 0.05) is 31.5 Å². The van der Waals surface area contributed by atoms with Crippen molar-refractivity contribution in [2.45, 2.75) is 25.9 Å². The SMILES string of the molecule is Cc1c(-c2ccc(C(=O)N3CCC(=O)CC3)s2)noc1C(F)(F)F. The number of hydrogen-bond acceptors (Lipinski definition) is 5. The van der Waals surface area contributed by atoms with Crippen molar-refractivity contribution in [2.24, 2.45) is 0 Å². The molecule has 24 heavy (non-hydrogen) atoms.